The van der Waals surface area contributed by atoms with E-state index in [1.807, 2.05) is 57.2 Å². The normalized spacial score (nSPS) is 16.9. The van der Waals surface area contributed by atoms with Crippen molar-refractivity contribution in [1.82, 2.24) is 0 Å². The second-order valence-corrected chi connectivity index (χ2v) is 11.3. The Balaban J connectivity index is 1.65. The number of carbonyl (C=O) groups is 1. The maximum atomic E-state index is 13.6. The molecular formula is C32H29BrN4O4. The first-order chi connectivity index (χ1) is 19.6. The SMILES string of the molecule is Cc1cc(C)c(C2C(C#N)=C(N)N(c3cc([N+](=O)[O-])ccc3C)C3=C2C(=O)CCC3)cc1COc1ccc(Br)cc1. The molecule has 2 aliphatic rings. The first-order valence-electron chi connectivity index (χ1n) is 13.3. The third-order valence-electron chi connectivity index (χ3n) is 7.80. The minimum Gasteiger partial charge on any atom is -0.489 e. The summed E-state index contributed by atoms with van der Waals surface area (Å²) in [6, 6.07) is 18.5. The van der Waals surface area contributed by atoms with Crippen LogP contribution in [0.1, 0.15) is 53.0 Å². The number of carbonyl (C=O) groups excluding carboxylic acids is 1. The van der Waals surface area contributed by atoms with Crippen LogP contribution in [0, 0.1) is 42.2 Å². The molecule has 5 rings (SSSR count). The Labute approximate surface area is 247 Å². The van der Waals surface area contributed by atoms with Crippen LogP contribution in [-0.2, 0) is 11.4 Å². The molecule has 1 aliphatic carbocycles. The molecule has 3 aromatic rings. The predicted octanol–water partition coefficient (Wildman–Crippen LogP) is 7.17. The fourth-order valence-corrected chi connectivity index (χ4v) is 5.96. The number of nitrogens with two attached hydrogens (primary N) is 1. The second-order valence-electron chi connectivity index (χ2n) is 10.4. The lowest BCUT2D eigenvalue weighted by Crippen LogP contribution is -2.39. The van der Waals surface area contributed by atoms with Gasteiger partial charge in [0.05, 0.1) is 28.2 Å². The highest BCUT2D eigenvalue weighted by Gasteiger charge is 2.41. The molecule has 0 amide bonds. The quantitative estimate of drug-likeness (QED) is 0.231. The number of hydrogen-bond donors (Lipinski definition) is 1. The van der Waals surface area contributed by atoms with Crippen molar-refractivity contribution in [3.05, 3.63) is 120 Å². The second kappa shape index (κ2) is 11.2. The zero-order chi connectivity index (χ0) is 29.4. The van der Waals surface area contributed by atoms with Crippen molar-refractivity contribution in [2.75, 3.05) is 4.90 Å². The molecule has 0 saturated carbocycles. The number of nitriles is 1. The van der Waals surface area contributed by atoms with Gasteiger partial charge in [-0.25, -0.2) is 0 Å². The number of non-ortho nitro benzene ring substituents is 1. The van der Waals surface area contributed by atoms with Gasteiger partial charge in [-0.15, -0.1) is 0 Å². The molecule has 1 unspecified atom stereocenters. The van der Waals surface area contributed by atoms with E-state index in [1.165, 1.54) is 12.1 Å². The molecule has 1 atom stereocenters. The lowest BCUT2D eigenvalue weighted by Gasteiger charge is -2.40. The minimum absolute atomic E-state index is 0.0442. The number of rotatable bonds is 6. The fraction of sp³-hybridized carbons (Fsp3) is 0.250. The molecule has 41 heavy (non-hydrogen) atoms. The van der Waals surface area contributed by atoms with Crippen LogP contribution in [0.25, 0.3) is 0 Å². The van der Waals surface area contributed by atoms with Gasteiger partial charge in [0.2, 0.25) is 0 Å². The van der Waals surface area contributed by atoms with Crippen LogP contribution < -0.4 is 15.4 Å². The highest BCUT2D eigenvalue weighted by Crippen LogP contribution is 2.48. The van der Waals surface area contributed by atoms with Crippen molar-refractivity contribution >= 4 is 33.1 Å². The maximum Gasteiger partial charge on any atom is 0.271 e. The molecule has 0 bridgehead atoms. The lowest BCUT2D eigenvalue weighted by atomic mass is 9.74. The van der Waals surface area contributed by atoms with E-state index in [0.717, 1.165) is 38.0 Å². The summed E-state index contributed by atoms with van der Waals surface area (Å²) < 4.78 is 7.02. The first kappa shape index (κ1) is 28.1. The van der Waals surface area contributed by atoms with E-state index in [4.69, 9.17) is 10.5 Å². The van der Waals surface area contributed by atoms with E-state index in [0.29, 0.717) is 42.8 Å². The van der Waals surface area contributed by atoms with Gasteiger partial charge in [0.15, 0.2) is 5.78 Å². The van der Waals surface area contributed by atoms with Gasteiger partial charge < -0.3 is 10.5 Å². The Bertz CT molecular complexity index is 1680. The molecule has 1 aliphatic heterocycles. The number of aryl methyl sites for hydroxylation is 3. The van der Waals surface area contributed by atoms with Crippen molar-refractivity contribution in [2.24, 2.45) is 5.73 Å². The highest BCUT2D eigenvalue weighted by molar-refractivity contribution is 9.10. The number of halogens is 1. The number of nitrogens with zero attached hydrogens (tertiary/aromatic N) is 3. The number of Topliss-reactive ketones (excluding diaryl/α,β-unsaturated/α-hetero) is 1. The summed E-state index contributed by atoms with van der Waals surface area (Å²) in [4.78, 5) is 26.4. The summed E-state index contributed by atoms with van der Waals surface area (Å²) in [6.45, 7) is 6.12. The van der Waals surface area contributed by atoms with E-state index in [2.05, 4.69) is 22.0 Å². The highest BCUT2D eigenvalue weighted by atomic mass is 79.9. The number of ketones is 1. The van der Waals surface area contributed by atoms with Gasteiger partial charge in [-0.1, -0.05) is 34.1 Å². The fourth-order valence-electron chi connectivity index (χ4n) is 5.70. The molecule has 2 N–H and O–H groups in total. The summed E-state index contributed by atoms with van der Waals surface area (Å²) >= 11 is 3.44. The van der Waals surface area contributed by atoms with Gasteiger partial charge >= 0.3 is 0 Å². The van der Waals surface area contributed by atoms with Gasteiger partial charge in [-0.2, -0.15) is 5.26 Å². The smallest absolute Gasteiger partial charge is 0.271 e. The third-order valence-corrected chi connectivity index (χ3v) is 8.33. The Morgan fingerprint density at radius 2 is 1.80 bits per heavy atom. The standard InChI is InChI=1S/C32H29BrN4O4/c1-18-7-10-23(37(39)40)15-28(18)36-27-5-4-6-29(38)31(27)30(26(16-34)32(36)35)25-14-21(19(2)13-20(25)3)17-41-24-11-8-22(33)9-12-24/h7-15,30H,4-6,17,35H2,1-3H3. The van der Waals surface area contributed by atoms with E-state index >= 15 is 0 Å². The zero-order valence-electron chi connectivity index (χ0n) is 23.0. The van der Waals surface area contributed by atoms with Crippen LogP contribution >= 0.6 is 15.9 Å². The number of anilines is 1. The van der Waals surface area contributed by atoms with Gasteiger partial charge in [0, 0.05) is 34.3 Å². The van der Waals surface area contributed by atoms with Crippen LogP contribution in [0.2, 0.25) is 0 Å². The van der Waals surface area contributed by atoms with Crippen LogP contribution in [0.15, 0.2) is 81.7 Å². The Morgan fingerprint density at radius 3 is 2.49 bits per heavy atom. The van der Waals surface area contributed by atoms with E-state index in [1.54, 1.807) is 11.0 Å². The topological polar surface area (TPSA) is 122 Å². The van der Waals surface area contributed by atoms with Crippen molar-refractivity contribution in [3.63, 3.8) is 0 Å². The molecule has 1 heterocycles. The average Bonchev–Trinajstić information content (AvgIpc) is 2.94. The zero-order valence-corrected chi connectivity index (χ0v) is 24.6. The Morgan fingerprint density at radius 1 is 1.07 bits per heavy atom. The number of allylic oxidation sites excluding steroid dienone is 3. The Hall–Kier alpha value is -4.42. The average molecular weight is 614 g/mol. The van der Waals surface area contributed by atoms with E-state index in [-0.39, 0.29) is 22.9 Å². The molecule has 0 aromatic heterocycles. The van der Waals surface area contributed by atoms with Gasteiger partial charge in [-0.3, -0.25) is 19.8 Å². The molecule has 208 valence electrons. The first-order valence-corrected chi connectivity index (χ1v) is 14.1. The number of benzene rings is 3. The van der Waals surface area contributed by atoms with Crippen molar-refractivity contribution in [1.29, 1.82) is 5.26 Å². The Kier molecular flexibility index (Phi) is 7.70. The van der Waals surface area contributed by atoms with Crippen molar-refractivity contribution < 1.29 is 14.5 Å². The molecule has 8 nitrogen and oxygen atoms in total. The molecule has 0 spiro atoms. The number of ether oxygens (including phenoxy) is 1. The predicted molar refractivity (Wildman–Crippen MR) is 160 cm³/mol. The third kappa shape index (κ3) is 5.23. The van der Waals surface area contributed by atoms with Gasteiger partial charge in [0.25, 0.3) is 5.69 Å². The van der Waals surface area contributed by atoms with E-state index in [9.17, 15) is 20.2 Å². The number of nitro benzene ring substituents is 1. The molecule has 0 radical (unpaired) electrons. The molecule has 0 fully saturated rings. The largest absolute Gasteiger partial charge is 0.489 e. The van der Waals surface area contributed by atoms with Crippen molar-refractivity contribution in [3.8, 4) is 11.8 Å². The van der Waals surface area contributed by atoms with Crippen molar-refractivity contribution in [2.45, 2.75) is 52.6 Å². The van der Waals surface area contributed by atoms with Gasteiger partial charge in [0.1, 0.15) is 18.2 Å². The van der Waals surface area contributed by atoms with E-state index < -0.39 is 10.8 Å². The summed E-state index contributed by atoms with van der Waals surface area (Å²) in [5, 5.41) is 22.0. The summed E-state index contributed by atoms with van der Waals surface area (Å²) in [5.74, 6) is 0.217. The summed E-state index contributed by atoms with van der Waals surface area (Å²) in [6.07, 6.45) is 1.55. The van der Waals surface area contributed by atoms with Crippen LogP contribution in [0.3, 0.4) is 0 Å². The van der Waals surface area contributed by atoms with Crippen LogP contribution in [0.4, 0.5) is 11.4 Å². The molecular weight excluding hydrogens is 584 g/mol. The molecule has 0 saturated heterocycles. The number of nitro groups is 1. The monoisotopic (exact) mass is 612 g/mol. The number of hydrogen-bond acceptors (Lipinski definition) is 7. The molecule has 9 heteroatoms. The van der Waals surface area contributed by atoms with Gasteiger partial charge in [-0.05, 0) is 85.7 Å². The minimum atomic E-state index is -0.648. The van der Waals surface area contributed by atoms with Crippen LogP contribution in [-0.4, -0.2) is 10.7 Å². The lowest BCUT2D eigenvalue weighted by molar-refractivity contribution is -0.384. The molecule has 3 aromatic carbocycles. The summed E-state index contributed by atoms with van der Waals surface area (Å²) in [5.41, 5.74) is 13.1. The summed E-state index contributed by atoms with van der Waals surface area (Å²) in [7, 11) is 0. The van der Waals surface area contributed by atoms with Crippen LogP contribution in [0.5, 0.6) is 5.75 Å². The maximum absolute atomic E-state index is 13.6.